The van der Waals surface area contributed by atoms with E-state index in [0.717, 1.165) is 19.6 Å². The maximum Gasteiger partial charge on any atom is 0.0605 e. The highest BCUT2D eigenvalue weighted by atomic mass is 16.5. The van der Waals surface area contributed by atoms with Gasteiger partial charge in [0, 0.05) is 12.7 Å². The lowest BCUT2D eigenvalue weighted by Crippen LogP contribution is -2.25. The Balaban J connectivity index is 1.41. The molecular weight excluding hydrogens is 224 g/mol. The molecule has 3 heteroatoms. The summed E-state index contributed by atoms with van der Waals surface area (Å²) in [4.78, 5) is 4.49. The van der Waals surface area contributed by atoms with E-state index in [1.807, 2.05) is 12.3 Å². The van der Waals surface area contributed by atoms with E-state index >= 15 is 0 Å². The van der Waals surface area contributed by atoms with Crippen LogP contribution >= 0.6 is 0 Å². The van der Waals surface area contributed by atoms with Crippen molar-refractivity contribution in [1.82, 2.24) is 10.3 Å². The van der Waals surface area contributed by atoms with Crippen LogP contribution in [0.1, 0.15) is 49.4 Å². The highest BCUT2D eigenvalue weighted by molar-refractivity contribution is 5.27. The number of nitrogens with zero attached hydrogens (tertiary/aromatic N) is 1. The third-order valence-corrected chi connectivity index (χ3v) is 4.11. The quantitative estimate of drug-likeness (QED) is 0.811. The van der Waals surface area contributed by atoms with Gasteiger partial charge in [-0.2, -0.15) is 0 Å². The minimum atomic E-state index is 0.438. The van der Waals surface area contributed by atoms with Gasteiger partial charge in [-0.3, -0.25) is 4.98 Å². The van der Waals surface area contributed by atoms with Crippen LogP contribution in [0.3, 0.4) is 0 Å². The Bertz CT molecular complexity index is 388. The second-order valence-electron chi connectivity index (χ2n) is 5.37. The van der Waals surface area contributed by atoms with Gasteiger partial charge in [-0.05, 0) is 37.3 Å². The fraction of sp³-hybridized carbons (Fsp3) is 0.667. The molecule has 1 N–H and O–H groups in total. The first-order valence-corrected chi connectivity index (χ1v) is 7.22. The molecular formula is C15H22N2O. The lowest BCUT2D eigenvalue weighted by Gasteiger charge is -2.15. The topological polar surface area (TPSA) is 34.2 Å². The number of rotatable bonds is 5. The number of ether oxygens (including phenoxy) is 1. The first-order chi connectivity index (χ1) is 8.93. The molecule has 0 aliphatic heterocycles. The highest BCUT2D eigenvalue weighted by Crippen LogP contribution is 2.28. The summed E-state index contributed by atoms with van der Waals surface area (Å²) in [7, 11) is 0. The van der Waals surface area contributed by atoms with Gasteiger partial charge in [-0.25, -0.2) is 0 Å². The van der Waals surface area contributed by atoms with Crippen molar-refractivity contribution in [2.75, 3.05) is 13.2 Å². The number of aromatic nitrogens is 1. The molecule has 0 bridgehead atoms. The molecule has 2 aliphatic rings. The van der Waals surface area contributed by atoms with Gasteiger partial charge in [0.25, 0.3) is 0 Å². The molecule has 1 aromatic rings. The molecule has 3 nitrogen and oxygen atoms in total. The predicted molar refractivity (Wildman–Crippen MR) is 71.5 cm³/mol. The van der Waals surface area contributed by atoms with E-state index in [9.17, 15) is 0 Å². The van der Waals surface area contributed by atoms with Crippen molar-refractivity contribution in [3.8, 4) is 0 Å². The van der Waals surface area contributed by atoms with E-state index < -0.39 is 0 Å². The molecule has 1 unspecified atom stereocenters. The number of fused-ring (bicyclic) bond motifs is 1. The van der Waals surface area contributed by atoms with E-state index in [1.54, 1.807) is 0 Å². The molecule has 2 aliphatic carbocycles. The van der Waals surface area contributed by atoms with Crippen LogP contribution in [0.25, 0.3) is 0 Å². The first kappa shape index (κ1) is 12.1. The van der Waals surface area contributed by atoms with E-state index in [1.165, 1.54) is 43.4 Å². The zero-order chi connectivity index (χ0) is 12.2. The van der Waals surface area contributed by atoms with Gasteiger partial charge in [-0.1, -0.05) is 18.9 Å². The first-order valence-electron chi connectivity index (χ1n) is 7.22. The SMILES string of the molecule is c1cnc2c(c1)CCC2NCCOC1CCCC1. The van der Waals surface area contributed by atoms with Crippen LogP contribution in [0.5, 0.6) is 0 Å². The Hall–Kier alpha value is -0.930. The smallest absolute Gasteiger partial charge is 0.0605 e. The fourth-order valence-electron chi connectivity index (χ4n) is 3.13. The third-order valence-electron chi connectivity index (χ3n) is 4.11. The normalized spacial score (nSPS) is 23.4. The molecule has 1 heterocycles. The number of aryl methyl sites for hydroxylation is 1. The Kier molecular flexibility index (Phi) is 3.91. The zero-order valence-electron chi connectivity index (χ0n) is 10.9. The minimum absolute atomic E-state index is 0.438. The van der Waals surface area contributed by atoms with Crippen LogP contribution in [0.4, 0.5) is 0 Å². The molecule has 1 atom stereocenters. The third kappa shape index (κ3) is 2.73. The maximum atomic E-state index is 5.87. The monoisotopic (exact) mass is 246 g/mol. The summed E-state index contributed by atoms with van der Waals surface area (Å²) < 4.78 is 5.87. The highest BCUT2D eigenvalue weighted by Gasteiger charge is 2.22. The van der Waals surface area contributed by atoms with Gasteiger partial charge in [0.1, 0.15) is 0 Å². The van der Waals surface area contributed by atoms with Crippen LogP contribution in [0.2, 0.25) is 0 Å². The second kappa shape index (κ2) is 5.81. The average molecular weight is 246 g/mol. The van der Waals surface area contributed by atoms with Gasteiger partial charge >= 0.3 is 0 Å². The second-order valence-corrected chi connectivity index (χ2v) is 5.37. The number of hydrogen-bond acceptors (Lipinski definition) is 3. The largest absolute Gasteiger partial charge is 0.377 e. The number of nitrogens with one attached hydrogen (secondary N) is 1. The summed E-state index contributed by atoms with van der Waals surface area (Å²) in [6, 6.07) is 4.66. The van der Waals surface area contributed by atoms with Gasteiger partial charge in [0.05, 0.1) is 24.4 Å². The molecule has 1 aromatic heterocycles. The Morgan fingerprint density at radius 2 is 2.17 bits per heavy atom. The van der Waals surface area contributed by atoms with E-state index in [0.29, 0.717) is 12.1 Å². The summed E-state index contributed by atoms with van der Waals surface area (Å²) in [5.74, 6) is 0. The maximum absolute atomic E-state index is 5.87. The average Bonchev–Trinajstić information content (AvgIpc) is 3.04. The molecule has 0 aromatic carbocycles. The van der Waals surface area contributed by atoms with Gasteiger partial charge in [0.2, 0.25) is 0 Å². The summed E-state index contributed by atoms with van der Waals surface area (Å²) in [5, 5.41) is 3.57. The van der Waals surface area contributed by atoms with E-state index in [4.69, 9.17) is 4.74 Å². The van der Waals surface area contributed by atoms with Crippen molar-refractivity contribution < 1.29 is 4.74 Å². The molecule has 18 heavy (non-hydrogen) atoms. The number of pyridine rings is 1. The van der Waals surface area contributed by atoms with Crippen molar-refractivity contribution >= 4 is 0 Å². The fourth-order valence-corrected chi connectivity index (χ4v) is 3.13. The molecule has 98 valence electrons. The molecule has 1 fully saturated rings. The van der Waals surface area contributed by atoms with Gasteiger partial charge in [0.15, 0.2) is 0 Å². The van der Waals surface area contributed by atoms with Crippen LogP contribution in [0.15, 0.2) is 18.3 Å². The van der Waals surface area contributed by atoms with Crippen LogP contribution < -0.4 is 5.32 Å². The lowest BCUT2D eigenvalue weighted by atomic mass is 10.2. The summed E-state index contributed by atoms with van der Waals surface area (Å²) in [6.45, 7) is 1.78. The van der Waals surface area contributed by atoms with Crippen LogP contribution in [-0.2, 0) is 11.2 Å². The number of hydrogen-bond donors (Lipinski definition) is 1. The van der Waals surface area contributed by atoms with Crippen molar-refractivity contribution in [2.24, 2.45) is 0 Å². The van der Waals surface area contributed by atoms with E-state index in [2.05, 4.69) is 16.4 Å². The van der Waals surface area contributed by atoms with Crippen molar-refractivity contribution in [3.05, 3.63) is 29.6 Å². The van der Waals surface area contributed by atoms with Gasteiger partial charge in [-0.15, -0.1) is 0 Å². The molecule has 3 rings (SSSR count). The van der Waals surface area contributed by atoms with Crippen molar-refractivity contribution in [1.29, 1.82) is 0 Å². The summed E-state index contributed by atoms with van der Waals surface area (Å²) in [6.07, 6.45) is 9.96. The Morgan fingerprint density at radius 3 is 3.06 bits per heavy atom. The van der Waals surface area contributed by atoms with Gasteiger partial charge < -0.3 is 10.1 Å². The Labute approximate surface area is 109 Å². The van der Waals surface area contributed by atoms with Crippen molar-refractivity contribution in [2.45, 2.75) is 50.7 Å². The van der Waals surface area contributed by atoms with E-state index in [-0.39, 0.29) is 0 Å². The zero-order valence-corrected chi connectivity index (χ0v) is 10.9. The van der Waals surface area contributed by atoms with Crippen LogP contribution in [-0.4, -0.2) is 24.2 Å². The summed E-state index contributed by atoms with van der Waals surface area (Å²) >= 11 is 0. The molecule has 1 saturated carbocycles. The molecule has 0 radical (unpaired) electrons. The Morgan fingerprint density at radius 1 is 1.28 bits per heavy atom. The molecule has 0 spiro atoms. The molecule has 0 saturated heterocycles. The standard InChI is InChI=1S/C15H22N2O/c1-2-6-13(5-1)18-11-10-16-14-8-7-12-4-3-9-17-15(12)14/h3-4,9,13-14,16H,1-2,5-8,10-11H2. The van der Waals surface area contributed by atoms with Crippen LogP contribution in [0, 0.1) is 0 Å². The minimum Gasteiger partial charge on any atom is -0.377 e. The predicted octanol–water partition coefficient (Wildman–Crippen LogP) is 2.62. The van der Waals surface area contributed by atoms with Crippen molar-refractivity contribution in [3.63, 3.8) is 0 Å². The lowest BCUT2D eigenvalue weighted by molar-refractivity contribution is 0.0591. The molecule has 0 amide bonds. The summed E-state index contributed by atoms with van der Waals surface area (Å²) in [5.41, 5.74) is 2.66.